The lowest BCUT2D eigenvalue weighted by Crippen LogP contribution is -2.48. The van der Waals surface area contributed by atoms with Crippen LogP contribution in [-0.4, -0.2) is 39.2 Å². The van der Waals surface area contributed by atoms with Crippen LogP contribution in [0.25, 0.3) is 10.2 Å². The molecule has 1 amide bonds. The Kier molecular flexibility index (Phi) is 5.27. The summed E-state index contributed by atoms with van der Waals surface area (Å²) in [5.74, 6) is 0.417. The fourth-order valence-corrected chi connectivity index (χ4v) is 4.53. The molecule has 1 aliphatic carbocycles. The number of nitrogens with one attached hydrogen (secondary N) is 1. The normalized spacial score (nSPS) is 20.9. The van der Waals surface area contributed by atoms with E-state index in [2.05, 4.69) is 10.3 Å². The van der Waals surface area contributed by atoms with E-state index in [-0.39, 0.29) is 5.54 Å². The highest BCUT2D eigenvalue weighted by atomic mass is 32.1. The molecule has 0 aromatic carbocycles. The molecule has 0 atom stereocenters. The minimum atomic E-state index is -0.831. The molecule has 1 aliphatic rings. The number of rotatable bonds is 4. The number of thiophene rings is 1. The summed E-state index contributed by atoms with van der Waals surface area (Å²) in [6.45, 7) is 6.46. The largest absolute Gasteiger partial charge is 0.465 e. The van der Waals surface area contributed by atoms with Crippen molar-refractivity contribution in [2.45, 2.75) is 58.0 Å². The van der Waals surface area contributed by atoms with E-state index < -0.39 is 6.09 Å². The number of anilines is 2. The number of nitrogen functional groups attached to an aromatic ring is 1. The first-order valence-corrected chi connectivity index (χ1v) is 10.0. The molecule has 7 heteroatoms. The number of fused-ring (bicyclic) bond motifs is 1. The zero-order valence-corrected chi connectivity index (χ0v) is 16.5. The van der Waals surface area contributed by atoms with Gasteiger partial charge in [0, 0.05) is 18.1 Å². The number of pyridine rings is 1. The Bertz CT molecular complexity index is 775. The van der Waals surface area contributed by atoms with Gasteiger partial charge in [-0.05, 0) is 63.8 Å². The van der Waals surface area contributed by atoms with Crippen LogP contribution in [0.3, 0.4) is 0 Å². The monoisotopic (exact) mass is 376 g/mol. The Hall–Kier alpha value is -2.02. The van der Waals surface area contributed by atoms with Gasteiger partial charge in [0.25, 0.3) is 0 Å². The standard InChI is InChI=1S/C19H28N4O2S/c1-19(2,3)23(18(24)25)11-12-4-6-13(7-5-12)22-16-14(20)10-21-15-8-9-26-17(15)16/h8-10,12-13H,4-7,11,20H2,1-3H3,(H,21,22)(H,24,25). The predicted molar refractivity (Wildman–Crippen MR) is 108 cm³/mol. The van der Waals surface area contributed by atoms with Crippen LogP contribution in [0.2, 0.25) is 0 Å². The maximum atomic E-state index is 11.6. The maximum Gasteiger partial charge on any atom is 0.407 e. The summed E-state index contributed by atoms with van der Waals surface area (Å²) < 4.78 is 1.11. The smallest absolute Gasteiger partial charge is 0.407 e. The van der Waals surface area contributed by atoms with Gasteiger partial charge in [0.05, 0.1) is 27.8 Å². The first kappa shape index (κ1) is 18.8. The van der Waals surface area contributed by atoms with Crippen molar-refractivity contribution >= 4 is 39.0 Å². The number of aromatic nitrogens is 1. The van der Waals surface area contributed by atoms with E-state index in [4.69, 9.17) is 5.73 Å². The molecular weight excluding hydrogens is 348 g/mol. The van der Waals surface area contributed by atoms with Crippen LogP contribution in [-0.2, 0) is 0 Å². The lowest BCUT2D eigenvalue weighted by atomic mass is 9.85. The summed E-state index contributed by atoms with van der Waals surface area (Å²) in [5.41, 5.74) is 8.44. The van der Waals surface area contributed by atoms with Gasteiger partial charge in [-0.1, -0.05) is 0 Å². The molecule has 6 nitrogen and oxygen atoms in total. The number of carbonyl (C=O) groups is 1. The Morgan fingerprint density at radius 3 is 2.69 bits per heavy atom. The highest BCUT2D eigenvalue weighted by Gasteiger charge is 2.31. The molecule has 0 radical (unpaired) electrons. The van der Waals surface area contributed by atoms with Crippen LogP contribution in [0.4, 0.5) is 16.2 Å². The van der Waals surface area contributed by atoms with Crippen molar-refractivity contribution in [2.24, 2.45) is 5.92 Å². The van der Waals surface area contributed by atoms with Gasteiger partial charge in [0.2, 0.25) is 0 Å². The zero-order chi connectivity index (χ0) is 18.9. The lowest BCUT2D eigenvalue weighted by molar-refractivity contribution is 0.0826. The molecule has 2 heterocycles. The molecule has 26 heavy (non-hydrogen) atoms. The lowest BCUT2D eigenvalue weighted by Gasteiger charge is -2.38. The average Bonchev–Trinajstić information content (AvgIpc) is 3.04. The second-order valence-electron chi connectivity index (χ2n) is 8.15. The van der Waals surface area contributed by atoms with E-state index in [1.807, 2.05) is 32.2 Å². The molecule has 0 saturated heterocycles. The van der Waals surface area contributed by atoms with Crippen molar-refractivity contribution in [3.8, 4) is 0 Å². The molecule has 1 fully saturated rings. The van der Waals surface area contributed by atoms with E-state index in [9.17, 15) is 9.90 Å². The van der Waals surface area contributed by atoms with Crippen molar-refractivity contribution in [1.82, 2.24) is 9.88 Å². The molecule has 142 valence electrons. The first-order valence-electron chi connectivity index (χ1n) is 9.14. The number of nitrogens with zero attached hydrogens (tertiary/aromatic N) is 2. The predicted octanol–water partition coefficient (Wildman–Crippen LogP) is 4.63. The third kappa shape index (κ3) is 4.03. The van der Waals surface area contributed by atoms with Gasteiger partial charge in [-0.15, -0.1) is 11.3 Å². The van der Waals surface area contributed by atoms with E-state index in [0.717, 1.165) is 41.6 Å². The fourth-order valence-electron chi connectivity index (χ4n) is 3.67. The molecule has 2 aromatic rings. The summed E-state index contributed by atoms with van der Waals surface area (Å²) in [4.78, 5) is 17.5. The summed E-state index contributed by atoms with van der Waals surface area (Å²) in [5, 5.41) is 15.1. The van der Waals surface area contributed by atoms with Crippen LogP contribution >= 0.6 is 11.3 Å². The third-order valence-corrected chi connectivity index (χ3v) is 6.10. The van der Waals surface area contributed by atoms with Gasteiger partial charge in [0.15, 0.2) is 0 Å². The molecule has 1 saturated carbocycles. The number of amides is 1. The Balaban J connectivity index is 1.61. The van der Waals surface area contributed by atoms with Gasteiger partial charge in [-0.3, -0.25) is 4.98 Å². The van der Waals surface area contributed by atoms with Crippen LogP contribution in [0.5, 0.6) is 0 Å². The second-order valence-corrected chi connectivity index (χ2v) is 9.07. The van der Waals surface area contributed by atoms with Crippen molar-refractivity contribution in [3.63, 3.8) is 0 Å². The van der Waals surface area contributed by atoms with E-state index in [1.54, 1.807) is 22.4 Å². The molecule has 3 rings (SSSR count). The van der Waals surface area contributed by atoms with Crippen LogP contribution in [0.1, 0.15) is 46.5 Å². The van der Waals surface area contributed by atoms with E-state index >= 15 is 0 Å². The van der Waals surface area contributed by atoms with Crippen LogP contribution in [0.15, 0.2) is 17.6 Å². The molecule has 0 spiro atoms. The van der Waals surface area contributed by atoms with Crippen molar-refractivity contribution in [3.05, 3.63) is 17.6 Å². The fraction of sp³-hybridized carbons (Fsp3) is 0.579. The third-order valence-electron chi connectivity index (χ3n) is 5.18. The number of hydrogen-bond donors (Lipinski definition) is 3. The van der Waals surface area contributed by atoms with Gasteiger partial charge < -0.3 is 21.1 Å². The summed E-state index contributed by atoms with van der Waals surface area (Å²) in [7, 11) is 0. The second kappa shape index (κ2) is 7.31. The summed E-state index contributed by atoms with van der Waals surface area (Å²) in [6.07, 6.45) is 4.99. The average molecular weight is 377 g/mol. The summed E-state index contributed by atoms with van der Waals surface area (Å²) >= 11 is 1.65. The zero-order valence-electron chi connectivity index (χ0n) is 15.7. The molecular formula is C19H28N4O2S. The number of nitrogens with two attached hydrogens (primary N) is 1. The molecule has 0 aliphatic heterocycles. The Morgan fingerprint density at radius 2 is 2.08 bits per heavy atom. The number of hydrogen-bond acceptors (Lipinski definition) is 5. The highest BCUT2D eigenvalue weighted by Crippen LogP contribution is 2.35. The van der Waals surface area contributed by atoms with Gasteiger partial charge in [-0.25, -0.2) is 4.79 Å². The maximum absolute atomic E-state index is 11.6. The quantitative estimate of drug-likeness (QED) is 0.724. The minimum Gasteiger partial charge on any atom is -0.465 e. The van der Waals surface area contributed by atoms with Crippen LogP contribution in [0, 0.1) is 5.92 Å². The topological polar surface area (TPSA) is 91.5 Å². The van der Waals surface area contributed by atoms with E-state index in [0.29, 0.717) is 24.2 Å². The van der Waals surface area contributed by atoms with Crippen molar-refractivity contribution < 1.29 is 9.90 Å². The minimum absolute atomic E-state index is 0.364. The SMILES string of the molecule is CC(C)(C)N(CC1CCC(Nc2c(N)cnc3ccsc23)CC1)C(=O)O. The molecule has 2 aromatic heterocycles. The van der Waals surface area contributed by atoms with Crippen LogP contribution < -0.4 is 11.1 Å². The van der Waals surface area contributed by atoms with Gasteiger partial charge >= 0.3 is 6.09 Å². The van der Waals surface area contributed by atoms with Gasteiger partial charge in [0.1, 0.15) is 0 Å². The van der Waals surface area contributed by atoms with Gasteiger partial charge in [-0.2, -0.15) is 0 Å². The molecule has 4 N–H and O–H groups in total. The van der Waals surface area contributed by atoms with Crippen molar-refractivity contribution in [1.29, 1.82) is 0 Å². The van der Waals surface area contributed by atoms with E-state index in [1.165, 1.54) is 0 Å². The molecule has 0 bridgehead atoms. The Labute approximate surface area is 158 Å². The highest BCUT2D eigenvalue weighted by molar-refractivity contribution is 7.17. The summed E-state index contributed by atoms with van der Waals surface area (Å²) in [6, 6.07) is 2.38. The molecule has 0 unspecified atom stereocenters. The number of carboxylic acid groups (broad SMARTS) is 1. The van der Waals surface area contributed by atoms with Crippen molar-refractivity contribution in [2.75, 3.05) is 17.6 Å². The Morgan fingerprint density at radius 1 is 1.38 bits per heavy atom. The first-order chi connectivity index (χ1) is 12.3.